The van der Waals surface area contributed by atoms with Crippen LogP contribution in [0.5, 0.6) is 0 Å². The van der Waals surface area contributed by atoms with Gasteiger partial charge in [0.25, 0.3) is 0 Å². The summed E-state index contributed by atoms with van der Waals surface area (Å²) in [5.41, 5.74) is 0.438. The molecule has 0 aliphatic rings. The topological polar surface area (TPSA) is 131 Å². The van der Waals surface area contributed by atoms with Crippen molar-refractivity contribution in [2.45, 2.75) is 89.8 Å². The van der Waals surface area contributed by atoms with Gasteiger partial charge >= 0.3 is 12.2 Å². The van der Waals surface area contributed by atoms with Gasteiger partial charge < -0.3 is 30.7 Å². The van der Waals surface area contributed by atoms with Crippen LogP contribution < -0.4 is 10.6 Å². The van der Waals surface area contributed by atoms with Gasteiger partial charge in [-0.3, -0.25) is 4.90 Å². The van der Waals surface area contributed by atoms with Crippen LogP contribution in [0.4, 0.5) is 9.59 Å². The zero-order valence-electron chi connectivity index (χ0n) is 23.9. The van der Waals surface area contributed by atoms with Crippen LogP contribution in [0.25, 0.3) is 0 Å². The van der Waals surface area contributed by atoms with Gasteiger partial charge in [0.15, 0.2) is 0 Å². The minimum absolute atomic E-state index is 0.0261. The first-order chi connectivity index (χ1) is 18.2. The summed E-state index contributed by atoms with van der Waals surface area (Å²) < 4.78 is 5.27. The van der Waals surface area contributed by atoms with Gasteiger partial charge in [0, 0.05) is 24.7 Å². The first kappa shape index (κ1) is 32.1. The Morgan fingerprint density at radius 2 is 1.33 bits per heavy atom. The lowest BCUT2D eigenvalue weighted by Crippen LogP contribution is -2.59. The molecular weight excluding hydrogens is 498 g/mol. The summed E-state index contributed by atoms with van der Waals surface area (Å²) in [6.45, 7) is 10.6. The molecule has 2 amide bonds. The van der Waals surface area contributed by atoms with Crippen molar-refractivity contribution in [3.63, 3.8) is 0 Å². The molecule has 216 valence electrons. The van der Waals surface area contributed by atoms with Gasteiger partial charge in [-0.05, 0) is 65.5 Å². The summed E-state index contributed by atoms with van der Waals surface area (Å²) in [5, 5.41) is 38.3. The van der Waals surface area contributed by atoms with Crippen LogP contribution in [0.15, 0.2) is 60.7 Å². The monoisotopic (exact) mass is 543 g/mol. The molecule has 9 nitrogen and oxygen atoms in total. The lowest BCUT2D eigenvalue weighted by atomic mass is 9.94. The van der Waals surface area contributed by atoms with Crippen LogP contribution in [-0.4, -0.2) is 80.9 Å². The quantitative estimate of drug-likeness (QED) is 0.275. The fourth-order valence-corrected chi connectivity index (χ4v) is 4.45. The fourth-order valence-electron chi connectivity index (χ4n) is 4.45. The number of aliphatic hydroxyl groups excluding tert-OH is 2. The van der Waals surface area contributed by atoms with E-state index in [4.69, 9.17) is 4.74 Å². The number of aliphatic hydroxyl groups is 2. The van der Waals surface area contributed by atoms with Crippen molar-refractivity contribution in [2.24, 2.45) is 0 Å². The van der Waals surface area contributed by atoms with E-state index in [1.807, 2.05) is 60.7 Å². The van der Waals surface area contributed by atoms with Crippen LogP contribution in [-0.2, 0) is 17.6 Å². The Hall–Kier alpha value is -3.14. The maximum Gasteiger partial charge on any atom is 0.408 e. The molecule has 39 heavy (non-hydrogen) atoms. The van der Waals surface area contributed by atoms with Gasteiger partial charge in [-0.25, -0.2) is 9.59 Å². The van der Waals surface area contributed by atoms with Gasteiger partial charge in [-0.15, -0.1) is 0 Å². The van der Waals surface area contributed by atoms with E-state index in [0.717, 1.165) is 11.1 Å². The number of nitrogens with zero attached hydrogens (tertiary/aromatic N) is 1. The maximum atomic E-state index is 12.3. The molecule has 4 atom stereocenters. The molecule has 0 aromatic heterocycles. The highest BCUT2D eigenvalue weighted by atomic mass is 16.6. The fraction of sp³-hybridized carbons (Fsp3) is 0.533. The Morgan fingerprint density at radius 1 is 0.821 bits per heavy atom. The van der Waals surface area contributed by atoms with Crippen LogP contribution in [0.1, 0.15) is 52.7 Å². The number of nitrogens with one attached hydrogen (secondary N) is 2. The lowest BCUT2D eigenvalue weighted by Gasteiger charge is -2.42. The SMILES string of the molecule is CC(C)(C)OC(=O)NCC(O)[C@H](Cc1ccccc1)NC[C@@H](O)[C@H](Cc1ccccc1)N(C(=O)O)C(C)(C)C. The highest BCUT2D eigenvalue weighted by Crippen LogP contribution is 2.23. The van der Waals surface area contributed by atoms with Crippen molar-refractivity contribution in [1.29, 1.82) is 0 Å². The molecule has 5 N–H and O–H groups in total. The molecule has 0 radical (unpaired) electrons. The number of hydrogen-bond acceptors (Lipinski definition) is 6. The molecule has 1 unspecified atom stereocenters. The summed E-state index contributed by atoms with van der Waals surface area (Å²) >= 11 is 0. The molecule has 9 heteroatoms. The Bertz CT molecular complexity index is 1020. The van der Waals surface area contributed by atoms with Gasteiger partial charge in [0.1, 0.15) is 5.60 Å². The minimum atomic E-state index is -1.12. The van der Waals surface area contributed by atoms with Crippen molar-refractivity contribution in [2.75, 3.05) is 13.1 Å². The van der Waals surface area contributed by atoms with Crippen molar-refractivity contribution in [1.82, 2.24) is 15.5 Å². The highest BCUT2D eigenvalue weighted by Gasteiger charge is 2.37. The second-order valence-electron chi connectivity index (χ2n) is 11.8. The van der Waals surface area contributed by atoms with E-state index in [1.54, 1.807) is 41.5 Å². The number of hydrogen-bond donors (Lipinski definition) is 5. The Kier molecular flexibility index (Phi) is 11.8. The number of carbonyl (C=O) groups is 2. The predicted octanol–water partition coefficient (Wildman–Crippen LogP) is 3.82. The third-order valence-electron chi connectivity index (χ3n) is 6.20. The van der Waals surface area contributed by atoms with E-state index in [-0.39, 0.29) is 13.1 Å². The molecule has 2 rings (SSSR count). The summed E-state index contributed by atoms with van der Waals surface area (Å²) in [4.78, 5) is 25.8. The highest BCUT2D eigenvalue weighted by molar-refractivity contribution is 5.67. The van der Waals surface area contributed by atoms with Gasteiger partial charge in [0.2, 0.25) is 0 Å². The molecule has 0 heterocycles. The number of carbonyl (C=O) groups excluding carboxylic acids is 1. The maximum absolute atomic E-state index is 12.3. The first-order valence-corrected chi connectivity index (χ1v) is 13.3. The molecular formula is C30H45N3O6. The van der Waals surface area contributed by atoms with Crippen molar-refractivity contribution >= 4 is 12.2 Å². The molecule has 0 aliphatic carbocycles. The van der Waals surface area contributed by atoms with Crippen molar-refractivity contribution in [3.05, 3.63) is 71.8 Å². The predicted molar refractivity (Wildman–Crippen MR) is 152 cm³/mol. The van der Waals surface area contributed by atoms with Crippen molar-refractivity contribution < 1.29 is 29.6 Å². The molecule has 0 bridgehead atoms. The van der Waals surface area contributed by atoms with Crippen LogP contribution >= 0.6 is 0 Å². The number of amides is 2. The summed E-state index contributed by atoms with van der Waals surface area (Å²) in [6.07, 6.45) is -3.09. The average Bonchev–Trinajstić information content (AvgIpc) is 2.83. The van der Waals surface area contributed by atoms with E-state index < -0.39 is 47.6 Å². The summed E-state index contributed by atoms with van der Waals surface area (Å²) in [7, 11) is 0. The van der Waals surface area contributed by atoms with E-state index >= 15 is 0 Å². The minimum Gasteiger partial charge on any atom is -0.465 e. The molecule has 0 fully saturated rings. The van der Waals surface area contributed by atoms with Crippen molar-refractivity contribution in [3.8, 4) is 0 Å². The van der Waals surface area contributed by atoms with Crippen LogP contribution in [0.3, 0.4) is 0 Å². The van der Waals surface area contributed by atoms with Gasteiger partial charge in [-0.2, -0.15) is 0 Å². The number of alkyl carbamates (subject to hydrolysis) is 1. The molecule has 2 aromatic carbocycles. The largest absolute Gasteiger partial charge is 0.465 e. The summed E-state index contributed by atoms with van der Waals surface area (Å²) in [6, 6.07) is 17.7. The van der Waals surface area contributed by atoms with E-state index in [1.165, 1.54) is 4.90 Å². The Balaban J connectivity index is 2.21. The first-order valence-electron chi connectivity index (χ1n) is 13.3. The van der Waals surface area contributed by atoms with Crippen LogP contribution in [0.2, 0.25) is 0 Å². The number of benzene rings is 2. The number of carboxylic acid groups (broad SMARTS) is 1. The van der Waals surface area contributed by atoms with E-state index in [2.05, 4.69) is 10.6 Å². The number of rotatable bonds is 12. The average molecular weight is 544 g/mol. The smallest absolute Gasteiger partial charge is 0.408 e. The zero-order chi connectivity index (χ0) is 29.2. The third kappa shape index (κ3) is 11.2. The standard InChI is InChI=1S/C30H45N3O6/c1-29(2,3)33(28(37)38)24(18-22-15-11-8-12-16-22)26(35)20-31-23(17-21-13-9-7-10-14-21)25(34)19-32-27(36)39-30(4,5)6/h7-16,23-26,31,34-35H,17-20H2,1-6H3,(H,32,36)(H,37,38)/t23-,24-,25?,26+/m0/s1. The molecule has 0 saturated carbocycles. The second kappa shape index (κ2) is 14.3. The molecule has 0 aliphatic heterocycles. The molecule has 2 aromatic rings. The summed E-state index contributed by atoms with van der Waals surface area (Å²) in [5.74, 6) is 0. The van der Waals surface area contributed by atoms with Gasteiger partial charge in [-0.1, -0.05) is 60.7 Å². The molecule has 0 spiro atoms. The Labute approximate surface area is 232 Å². The van der Waals surface area contributed by atoms with Crippen LogP contribution in [0, 0.1) is 0 Å². The number of ether oxygens (including phenoxy) is 1. The second-order valence-corrected chi connectivity index (χ2v) is 11.8. The molecule has 0 saturated heterocycles. The third-order valence-corrected chi connectivity index (χ3v) is 6.20. The van der Waals surface area contributed by atoms with E-state index in [0.29, 0.717) is 12.8 Å². The normalized spacial score (nSPS) is 15.1. The zero-order valence-corrected chi connectivity index (χ0v) is 23.9. The van der Waals surface area contributed by atoms with Gasteiger partial charge in [0.05, 0.1) is 18.2 Å². The van der Waals surface area contributed by atoms with E-state index in [9.17, 15) is 24.9 Å². The lowest BCUT2D eigenvalue weighted by molar-refractivity contribution is 0.00425. The Morgan fingerprint density at radius 3 is 1.79 bits per heavy atom.